The first-order chi connectivity index (χ1) is 22.9. The Balaban J connectivity index is 1.19. The van der Waals surface area contributed by atoms with Gasteiger partial charge in [0.1, 0.15) is 11.9 Å². The van der Waals surface area contributed by atoms with E-state index in [9.17, 15) is 13.2 Å². The molecule has 1 unspecified atom stereocenters. The summed E-state index contributed by atoms with van der Waals surface area (Å²) >= 11 is 0. The molecular weight excluding hydrogens is 603 g/mol. The molecule has 2 aliphatic rings. The highest BCUT2D eigenvalue weighted by Gasteiger charge is 2.40. The van der Waals surface area contributed by atoms with E-state index >= 15 is 0 Å². The van der Waals surface area contributed by atoms with E-state index in [-0.39, 0.29) is 24.2 Å². The van der Waals surface area contributed by atoms with Crippen LogP contribution in [0.4, 0.5) is 19.0 Å². The van der Waals surface area contributed by atoms with Gasteiger partial charge in [-0.2, -0.15) is 13.2 Å². The molecule has 47 heavy (non-hydrogen) atoms. The number of aromatic nitrogens is 1. The van der Waals surface area contributed by atoms with Gasteiger partial charge >= 0.3 is 6.18 Å². The maximum Gasteiger partial charge on any atom is 0.416 e. The second kappa shape index (κ2) is 15.9. The summed E-state index contributed by atoms with van der Waals surface area (Å²) in [6, 6.07) is 32.6. The van der Waals surface area contributed by atoms with Crippen LogP contribution in [0, 0.1) is 5.92 Å². The lowest BCUT2D eigenvalue weighted by Crippen LogP contribution is -2.59. The molecule has 0 aliphatic carbocycles. The zero-order valence-corrected chi connectivity index (χ0v) is 26.5. The standard InChI is InChI=1S/C38H42F3N3O3/c39-38(40,41)33-18-19-42-36(21-33)44-20-10-17-32(23-44)22-43-24-34(45-26-29-11-4-1-5-12-29)37(47-28-31-15-8-3-9-16-31)35(25-43)46-27-30-13-6-2-7-14-30/h1-9,11-16,18-19,21,32,34-35,37H,10,17,20,22-28H2/t32-,34-,35+,37?/m1/s1. The Morgan fingerprint density at radius 2 is 1.21 bits per heavy atom. The van der Waals surface area contributed by atoms with E-state index in [2.05, 4.69) is 46.3 Å². The van der Waals surface area contributed by atoms with Crippen LogP contribution < -0.4 is 4.90 Å². The van der Waals surface area contributed by atoms with Crippen molar-refractivity contribution >= 4 is 5.82 Å². The number of alkyl halides is 3. The fourth-order valence-electron chi connectivity index (χ4n) is 6.57. The Bertz CT molecular complexity index is 1460. The fraction of sp³-hybridized carbons (Fsp3) is 0.395. The van der Waals surface area contributed by atoms with Gasteiger partial charge < -0.3 is 19.1 Å². The quantitative estimate of drug-likeness (QED) is 0.160. The number of benzene rings is 3. The Hall–Kier alpha value is -3.76. The Morgan fingerprint density at radius 1 is 0.681 bits per heavy atom. The number of likely N-dealkylation sites (tertiary alicyclic amines) is 1. The zero-order chi connectivity index (χ0) is 32.5. The molecule has 3 heterocycles. The minimum Gasteiger partial charge on any atom is -0.369 e. The molecule has 2 saturated heterocycles. The minimum atomic E-state index is -4.40. The van der Waals surface area contributed by atoms with Crippen molar-refractivity contribution in [2.45, 2.75) is 57.2 Å². The summed E-state index contributed by atoms with van der Waals surface area (Å²) in [7, 11) is 0. The van der Waals surface area contributed by atoms with E-state index < -0.39 is 11.7 Å². The molecule has 6 nitrogen and oxygen atoms in total. The average molecular weight is 646 g/mol. The van der Waals surface area contributed by atoms with E-state index in [0.29, 0.717) is 51.8 Å². The van der Waals surface area contributed by atoms with Crippen LogP contribution in [0.2, 0.25) is 0 Å². The van der Waals surface area contributed by atoms with Crippen LogP contribution in [0.3, 0.4) is 0 Å². The summed E-state index contributed by atoms with van der Waals surface area (Å²) in [4.78, 5) is 8.68. The molecule has 2 aliphatic heterocycles. The predicted octanol–water partition coefficient (Wildman–Crippen LogP) is 7.39. The largest absolute Gasteiger partial charge is 0.416 e. The molecule has 9 heteroatoms. The van der Waals surface area contributed by atoms with Crippen LogP contribution in [0.1, 0.15) is 35.1 Å². The number of hydrogen-bond donors (Lipinski definition) is 0. The lowest BCUT2D eigenvalue weighted by molar-refractivity contribution is -0.185. The van der Waals surface area contributed by atoms with Gasteiger partial charge in [-0.05, 0) is 47.6 Å². The van der Waals surface area contributed by atoms with Crippen LogP contribution in [-0.4, -0.2) is 60.9 Å². The third kappa shape index (κ3) is 9.41. The number of nitrogens with zero attached hydrogens (tertiary/aromatic N) is 3. The van der Waals surface area contributed by atoms with E-state index in [0.717, 1.165) is 42.1 Å². The lowest BCUT2D eigenvalue weighted by Gasteiger charge is -2.45. The van der Waals surface area contributed by atoms with Crippen molar-refractivity contribution in [2.24, 2.45) is 5.92 Å². The van der Waals surface area contributed by atoms with E-state index in [1.807, 2.05) is 59.5 Å². The van der Waals surface area contributed by atoms with E-state index in [1.165, 1.54) is 12.3 Å². The van der Waals surface area contributed by atoms with Crippen molar-refractivity contribution in [1.29, 1.82) is 0 Å². The second-order valence-electron chi connectivity index (χ2n) is 12.5. The van der Waals surface area contributed by atoms with E-state index in [1.54, 1.807) is 0 Å². The van der Waals surface area contributed by atoms with Gasteiger partial charge in [0.15, 0.2) is 0 Å². The zero-order valence-electron chi connectivity index (χ0n) is 26.5. The van der Waals surface area contributed by atoms with Gasteiger partial charge in [-0.25, -0.2) is 4.98 Å². The molecular formula is C38H42F3N3O3. The van der Waals surface area contributed by atoms with Crippen molar-refractivity contribution in [3.63, 3.8) is 0 Å². The normalized spacial score (nSPS) is 22.3. The molecule has 3 aromatic carbocycles. The van der Waals surface area contributed by atoms with Crippen LogP contribution >= 0.6 is 0 Å². The van der Waals surface area contributed by atoms with Crippen molar-refractivity contribution in [2.75, 3.05) is 37.6 Å². The maximum absolute atomic E-state index is 13.4. The van der Waals surface area contributed by atoms with Crippen LogP contribution in [0.15, 0.2) is 109 Å². The Morgan fingerprint density at radius 3 is 1.74 bits per heavy atom. The first-order valence-corrected chi connectivity index (χ1v) is 16.4. The highest BCUT2D eigenvalue weighted by molar-refractivity contribution is 5.42. The molecule has 0 spiro atoms. The Labute approximate surface area is 275 Å². The summed E-state index contributed by atoms with van der Waals surface area (Å²) in [5.41, 5.74) is 2.59. The van der Waals surface area contributed by atoms with Crippen LogP contribution in [-0.2, 0) is 40.2 Å². The van der Waals surface area contributed by atoms with Crippen molar-refractivity contribution in [3.8, 4) is 0 Å². The first kappa shape index (κ1) is 33.2. The molecule has 2 fully saturated rings. The number of anilines is 1. The smallest absolute Gasteiger partial charge is 0.369 e. The number of pyridine rings is 1. The second-order valence-corrected chi connectivity index (χ2v) is 12.5. The van der Waals surface area contributed by atoms with Crippen LogP contribution in [0.25, 0.3) is 0 Å². The number of piperidine rings is 2. The predicted molar refractivity (Wildman–Crippen MR) is 176 cm³/mol. The molecule has 0 radical (unpaired) electrons. The summed E-state index contributed by atoms with van der Waals surface area (Å²) in [6.07, 6.45) is -2.06. The fourth-order valence-corrected chi connectivity index (χ4v) is 6.57. The molecule has 0 amide bonds. The molecule has 0 N–H and O–H groups in total. The molecule has 1 aromatic heterocycles. The van der Waals surface area contributed by atoms with E-state index in [4.69, 9.17) is 14.2 Å². The average Bonchev–Trinajstić information content (AvgIpc) is 3.10. The van der Waals surface area contributed by atoms with Gasteiger partial charge in [0.2, 0.25) is 0 Å². The van der Waals surface area contributed by atoms with Gasteiger partial charge in [0.05, 0.1) is 37.6 Å². The number of halogens is 3. The number of ether oxygens (including phenoxy) is 3. The monoisotopic (exact) mass is 645 g/mol. The highest BCUT2D eigenvalue weighted by Crippen LogP contribution is 2.32. The molecule has 248 valence electrons. The summed E-state index contributed by atoms with van der Waals surface area (Å²) < 4.78 is 60.2. The topological polar surface area (TPSA) is 47.1 Å². The third-order valence-corrected chi connectivity index (χ3v) is 8.94. The lowest BCUT2D eigenvalue weighted by atomic mass is 9.94. The van der Waals surface area contributed by atoms with Crippen molar-refractivity contribution < 1.29 is 27.4 Å². The summed E-state index contributed by atoms with van der Waals surface area (Å²) in [5.74, 6) is 0.636. The van der Waals surface area contributed by atoms with Crippen molar-refractivity contribution in [1.82, 2.24) is 9.88 Å². The minimum absolute atomic E-state index is 0.252. The molecule has 4 aromatic rings. The molecule has 6 rings (SSSR count). The maximum atomic E-state index is 13.4. The molecule has 4 atom stereocenters. The number of rotatable bonds is 12. The highest BCUT2D eigenvalue weighted by atomic mass is 19.4. The van der Waals surface area contributed by atoms with Gasteiger partial charge in [0, 0.05) is 38.9 Å². The van der Waals surface area contributed by atoms with Crippen molar-refractivity contribution in [3.05, 3.63) is 132 Å². The summed E-state index contributed by atoms with van der Waals surface area (Å²) in [6.45, 7) is 4.78. The van der Waals surface area contributed by atoms with Gasteiger partial charge in [-0.15, -0.1) is 0 Å². The molecule has 0 saturated carbocycles. The Kier molecular flexibility index (Phi) is 11.2. The SMILES string of the molecule is FC(F)(F)c1ccnc(N2CCC[C@H](CN3C[C@H](OCc4ccccc4)C(OCc4ccccc4)[C@H](OCc4ccccc4)C3)C2)c1. The van der Waals surface area contributed by atoms with Crippen LogP contribution in [0.5, 0.6) is 0 Å². The summed E-state index contributed by atoms with van der Waals surface area (Å²) in [5, 5.41) is 0. The van der Waals surface area contributed by atoms with Gasteiger partial charge in [-0.1, -0.05) is 91.0 Å². The number of hydrogen-bond acceptors (Lipinski definition) is 6. The third-order valence-electron chi connectivity index (χ3n) is 8.94. The molecule has 0 bridgehead atoms. The first-order valence-electron chi connectivity index (χ1n) is 16.4. The van der Waals surface area contributed by atoms with Gasteiger partial charge in [0.25, 0.3) is 0 Å². The van der Waals surface area contributed by atoms with Gasteiger partial charge in [-0.3, -0.25) is 4.90 Å².